The first kappa shape index (κ1) is 11.9. The summed E-state index contributed by atoms with van der Waals surface area (Å²) in [7, 11) is 0. The molecule has 0 radical (unpaired) electrons. The lowest BCUT2D eigenvalue weighted by Crippen LogP contribution is -2.36. The molecular weight excluding hydrogens is 225 g/mol. The molecule has 0 amide bonds. The summed E-state index contributed by atoms with van der Waals surface area (Å²) < 4.78 is 13.3. The van der Waals surface area contributed by atoms with Gasteiger partial charge in [-0.1, -0.05) is 17.7 Å². The molecule has 1 aromatic rings. The molecule has 0 aromatic heterocycles. The summed E-state index contributed by atoms with van der Waals surface area (Å²) >= 11 is 5.81. The van der Waals surface area contributed by atoms with Crippen molar-refractivity contribution in [1.82, 2.24) is 0 Å². The van der Waals surface area contributed by atoms with E-state index in [-0.39, 0.29) is 10.8 Å². The Balaban J connectivity index is 1.94. The quantitative estimate of drug-likeness (QED) is 0.862. The fourth-order valence-electron chi connectivity index (χ4n) is 2.34. The average molecular weight is 242 g/mol. The van der Waals surface area contributed by atoms with Gasteiger partial charge in [0.05, 0.1) is 5.02 Å². The highest BCUT2D eigenvalue weighted by atomic mass is 35.5. The standard InChI is InChI=1S/C13H17ClFN/c1-8-4-9(7-12(14)13(8)15)2-3-10-5-11(16)6-10/h4,7,10-11H,2-3,5-6,16H2,1H3. The topological polar surface area (TPSA) is 26.0 Å². The fraction of sp³-hybridized carbons (Fsp3) is 0.538. The van der Waals surface area contributed by atoms with Gasteiger partial charge in [-0.05, 0) is 55.7 Å². The van der Waals surface area contributed by atoms with Crippen LogP contribution < -0.4 is 5.73 Å². The van der Waals surface area contributed by atoms with Crippen LogP contribution >= 0.6 is 11.6 Å². The Morgan fingerprint density at radius 3 is 2.69 bits per heavy atom. The van der Waals surface area contributed by atoms with Gasteiger partial charge in [0.25, 0.3) is 0 Å². The highest BCUT2D eigenvalue weighted by Crippen LogP contribution is 2.30. The Labute approximate surface area is 101 Å². The Bertz CT molecular complexity index is 363. The molecular formula is C13H17ClFN. The molecule has 0 heterocycles. The van der Waals surface area contributed by atoms with Crippen LogP contribution in [0.4, 0.5) is 4.39 Å². The van der Waals surface area contributed by atoms with Crippen LogP contribution in [0.25, 0.3) is 0 Å². The molecule has 3 heteroatoms. The van der Waals surface area contributed by atoms with Crippen LogP contribution in [0, 0.1) is 18.7 Å². The Kier molecular flexibility index (Phi) is 3.50. The molecule has 0 atom stereocenters. The first-order valence-corrected chi connectivity index (χ1v) is 6.14. The van der Waals surface area contributed by atoms with Crippen LogP contribution in [0.5, 0.6) is 0 Å². The zero-order valence-electron chi connectivity index (χ0n) is 9.47. The third kappa shape index (κ3) is 2.55. The van der Waals surface area contributed by atoms with E-state index in [1.807, 2.05) is 6.07 Å². The fourth-order valence-corrected chi connectivity index (χ4v) is 2.62. The van der Waals surface area contributed by atoms with Crippen molar-refractivity contribution in [2.24, 2.45) is 11.7 Å². The second-order valence-electron chi connectivity index (χ2n) is 4.84. The Morgan fingerprint density at radius 1 is 1.44 bits per heavy atom. The normalized spacial score (nSPS) is 24.2. The number of hydrogen-bond donors (Lipinski definition) is 1. The molecule has 16 heavy (non-hydrogen) atoms. The van der Waals surface area contributed by atoms with Crippen molar-refractivity contribution < 1.29 is 4.39 Å². The Morgan fingerprint density at radius 2 is 2.12 bits per heavy atom. The van der Waals surface area contributed by atoms with Gasteiger partial charge in [0.1, 0.15) is 5.82 Å². The lowest BCUT2D eigenvalue weighted by molar-refractivity contribution is 0.250. The highest BCUT2D eigenvalue weighted by molar-refractivity contribution is 6.30. The molecule has 0 unspecified atom stereocenters. The zero-order valence-corrected chi connectivity index (χ0v) is 10.2. The SMILES string of the molecule is Cc1cc(CCC2CC(N)C2)cc(Cl)c1F. The van der Waals surface area contributed by atoms with Crippen LogP contribution in [-0.2, 0) is 6.42 Å². The molecule has 1 aromatic carbocycles. The van der Waals surface area contributed by atoms with E-state index < -0.39 is 0 Å². The monoisotopic (exact) mass is 241 g/mol. The summed E-state index contributed by atoms with van der Waals surface area (Å²) in [6.45, 7) is 1.75. The third-order valence-corrected chi connectivity index (χ3v) is 3.66. The molecule has 0 spiro atoms. The maximum absolute atomic E-state index is 13.3. The maximum atomic E-state index is 13.3. The predicted octanol–water partition coefficient (Wildman–Crippen LogP) is 3.46. The van der Waals surface area contributed by atoms with E-state index in [1.54, 1.807) is 13.0 Å². The van der Waals surface area contributed by atoms with Crippen molar-refractivity contribution >= 4 is 11.6 Å². The van der Waals surface area contributed by atoms with E-state index in [9.17, 15) is 4.39 Å². The molecule has 1 aliphatic carbocycles. The summed E-state index contributed by atoms with van der Waals surface area (Å²) in [5.41, 5.74) is 7.50. The van der Waals surface area contributed by atoms with Crippen LogP contribution in [0.1, 0.15) is 30.4 Å². The minimum atomic E-state index is -0.295. The smallest absolute Gasteiger partial charge is 0.144 e. The van der Waals surface area contributed by atoms with E-state index in [0.29, 0.717) is 11.6 Å². The lowest BCUT2D eigenvalue weighted by Gasteiger charge is -2.32. The van der Waals surface area contributed by atoms with Gasteiger partial charge in [0.2, 0.25) is 0 Å². The minimum absolute atomic E-state index is 0.236. The van der Waals surface area contributed by atoms with Gasteiger partial charge in [-0.3, -0.25) is 0 Å². The first-order chi connectivity index (χ1) is 7.56. The van der Waals surface area contributed by atoms with Gasteiger partial charge in [-0.15, -0.1) is 0 Å². The van der Waals surface area contributed by atoms with Crippen LogP contribution in [0.15, 0.2) is 12.1 Å². The van der Waals surface area contributed by atoms with E-state index in [2.05, 4.69) is 0 Å². The van der Waals surface area contributed by atoms with E-state index in [1.165, 1.54) is 0 Å². The van der Waals surface area contributed by atoms with E-state index in [4.69, 9.17) is 17.3 Å². The second-order valence-corrected chi connectivity index (χ2v) is 5.25. The number of nitrogens with two attached hydrogens (primary N) is 1. The van der Waals surface area contributed by atoms with Crippen molar-refractivity contribution in [2.45, 2.75) is 38.6 Å². The van der Waals surface area contributed by atoms with Gasteiger partial charge in [0, 0.05) is 6.04 Å². The van der Waals surface area contributed by atoms with E-state index >= 15 is 0 Å². The molecule has 2 rings (SSSR count). The van der Waals surface area contributed by atoms with Gasteiger partial charge < -0.3 is 5.73 Å². The van der Waals surface area contributed by atoms with Crippen molar-refractivity contribution in [2.75, 3.05) is 0 Å². The molecule has 2 N–H and O–H groups in total. The molecule has 1 nitrogen and oxygen atoms in total. The predicted molar refractivity (Wildman–Crippen MR) is 65.2 cm³/mol. The molecule has 0 aliphatic heterocycles. The van der Waals surface area contributed by atoms with Gasteiger partial charge >= 0.3 is 0 Å². The molecule has 88 valence electrons. The number of benzene rings is 1. The highest BCUT2D eigenvalue weighted by Gasteiger charge is 2.25. The summed E-state index contributed by atoms with van der Waals surface area (Å²) in [5.74, 6) is 0.454. The maximum Gasteiger partial charge on any atom is 0.144 e. The van der Waals surface area contributed by atoms with E-state index in [0.717, 1.165) is 37.2 Å². The van der Waals surface area contributed by atoms with Crippen LogP contribution in [-0.4, -0.2) is 6.04 Å². The molecule has 0 saturated heterocycles. The third-order valence-electron chi connectivity index (χ3n) is 3.38. The first-order valence-electron chi connectivity index (χ1n) is 5.76. The van der Waals surface area contributed by atoms with Crippen LogP contribution in [0.2, 0.25) is 5.02 Å². The van der Waals surface area contributed by atoms with Crippen molar-refractivity contribution in [1.29, 1.82) is 0 Å². The molecule has 1 saturated carbocycles. The number of rotatable bonds is 3. The number of hydrogen-bond acceptors (Lipinski definition) is 1. The molecule has 1 aliphatic rings. The largest absolute Gasteiger partial charge is 0.328 e. The summed E-state index contributed by atoms with van der Waals surface area (Å²) in [5, 5.41) is 0.236. The number of halogens is 2. The Hall–Kier alpha value is -0.600. The van der Waals surface area contributed by atoms with Crippen LogP contribution in [0.3, 0.4) is 0 Å². The average Bonchev–Trinajstić information content (AvgIpc) is 2.19. The second kappa shape index (κ2) is 4.72. The lowest BCUT2D eigenvalue weighted by atomic mass is 9.77. The molecule has 0 bridgehead atoms. The van der Waals surface area contributed by atoms with Gasteiger partial charge in [-0.2, -0.15) is 0 Å². The van der Waals surface area contributed by atoms with Gasteiger partial charge in [-0.25, -0.2) is 4.39 Å². The summed E-state index contributed by atoms with van der Waals surface area (Å²) in [6.07, 6.45) is 4.37. The van der Waals surface area contributed by atoms with Crippen molar-refractivity contribution in [3.05, 3.63) is 34.1 Å². The minimum Gasteiger partial charge on any atom is -0.328 e. The summed E-state index contributed by atoms with van der Waals surface area (Å²) in [4.78, 5) is 0. The van der Waals surface area contributed by atoms with Gasteiger partial charge in [0.15, 0.2) is 0 Å². The number of aryl methyl sites for hydroxylation is 2. The summed E-state index contributed by atoms with van der Waals surface area (Å²) in [6, 6.07) is 4.03. The molecule has 1 fully saturated rings. The zero-order chi connectivity index (χ0) is 11.7. The van der Waals surface area contributed by atoms with Crippen molar-refractivity contribution in [3.8, 4) is 0 Å². The van der Waals surface area contributed by atoms with Crippen molar-refractivity contribution in [3.63, 3.8) is 0 Å².